The van der Waals surface area contributed by atoms with Crippen molar-refractivity contribution >= 4 is 16.4 Å². The first kappa shape index (κ1) is 63.3. The Labute approximate surface area is 413 Å². The molecular weight excluding hydrogens is 885 g/mol. The lowest BCUT2D eigenvalue weighted by molar-refractivity contribution is -0.301. The van der Waals surface area contributed by atoms with Gasteiger partial charge in [-0.25, -0.2) is 4.18 Å². The van der Waals surface area contributed by atoms with Crippen molar-refractivity contribution < 1.29 is 56.2 Å². The molecule has 392 valence electrons. The van der Waals surface area contributed by atoms with Crippen LogP contribution >= 0.6 is 0 Å². The third-order valence-electron chi connectivity index (χ3n) is 11.5. The number of rotatable bonds is 45. The summed E-state index contributed by atoms with van der Waals surface area (Å²) in [5.41, 5.74) is 0. The number of hydrogen-bond acceptors (Lipinski definition) is 11. The molecule has 1 fully saturated rings. The van der Waals surface area contributed by atoms with Crippen LogP contribution in [-0.2, 0) is 38.3 Å². The molecule has 0 radical (unpaired) electrons. The van der Waals surface area contributed by atoms with Crippen LogP contribution in [0.3, 0.4) is 0 Å². The zero-order valence-electron chi connectivity index (χ0n) is 42.1. The fraction of sp³-hybridized carbons (Fsp3) is 0.727. The van der Waals surface area contributed by atoms with E-state index in [0.717, 1.165) is 103 Å². The second-order valence-corrected chi connectivity index (χ2v) is 18.7. The molecule has 0 aliphatic carbocycles. The number of hydrogen-bond donors (Lipinski definition) is 4. The smallest absolute Gasteiger partial charge is 0.397 e. The molecule has 6 atom stereocenters. The van der Waals surface area contributed by atoms with Crippen LogP contribution in [0.25, 0.3) is 0 Å². The maximum atomic E-state index is 12.9. The number of aliphatic hydroxyl groups excluding tert-OH is 3. The molecule has 0 aromatic heterocycles. The molecule has 0 spiro atoms. The van der Waals surface area contributed by atoms with Crippen molar-refractivity contribution in [2.75, 3.05) is 26.4 Å². The first-order chi connectivity index (χ1) is 33.1. The number of carbonyl (C=O) groups excluding carboxylic acids is 1. The van der Waals surface area contributed by atoms with Gasteiger partial charge < -0.3 is 34.3 Å². The summed E-state index contributed by atoms with van der Waals surface area (Å²) in [6.45, 7) is 3.75. The minimum Gasteiger partial charge on any atom is -0.457 e. The van der Waals surface area contributed by atoms with Gasteiger partial charge in [0.1, 0.15) is 30.5 Å². The molecule has 0 aromatic rings. The minimum atomic E-state index is -5.07. The van der Waals surface area contributed by atoms with Gasteiger partial charge >= 0.3 is 16.4 Å². The maximum Gasteiger partial charge on any atom is 0.397 e. The Balaban J connectivity index is 2.34. The molecule has 1 aliphatic rings. The summed E-state index contributed by atoms with van der Waals surface area (Å²) in [6.07, 6.45) is 51.8. The van der Waals surface area contributed by atoms with E-state index in [1.807, 2.05) is 0 Å². The lowest BCUT2D eigenvalue weighted by Crippen LogP contribution is -2.60. The number of carbonyl (C=O) groups is 1. The first-order valence-corrected chi connectivity index (χ1v) is 27.7. The maximum absolute atomic E-state index is 12.9. The van der Waals surface area contributed by atoms with E-state index < -0.39 is 59.8 Å². The highest BCUT2D eigenvalue weighted by atomic mass is 32.3. The predicted octanol–water partition coefficient (Wildman–Crippen LogP) is 12.4. The van der Waals surface area contributed by atoms with Gasteiger partial charge in [-0.3, -0.25) is 9.35 Å². The van der Waals surface area contributed by atoms with Crippen LogP contribution in [0.4, 0.5) is 0 Å². The summed E-state index contributed by atoms with van der Waals surface area (Å²) in [7, 11) is -5.07. The second kappa shape index (κ2) is 45.4. The summed E-state index contributed by atoms with van der Waals surface area (Å²) < 4.78 is 59.3. The Morgan fingerprint density at radius 1 is 0.559 bits per heavy atom. The predicted molar refractivity (Wildman–Crippen MR) is 275 cm³/mol. The normalized spacial score (nSPS) is 20.0. The third kappa shape index (κ3) is 38.1. The van der Waals surface area contributed by atoms with E-state index in [0.29, 0.717) is 13.0 Å². The monoisotopic (exact) mass is 979 g/mol. The highest BCUT2D eigenvalue weighted by Crippen LogP contribution is 2.26. The van der Waals surface area contributed by atoms with E-state index in [-0.39, 0.29) is 19.6 Å². The molecule has 0 saturated carbocycles. The third-order valence-corrected chi connectivity index (χ3v) is 12.0. The van der Waals surface area contributed by atoms with E-state index in [9.17, 15) is 33.1 Å². The molecule has 12 nitrogen and oxygen atoms in total. The zero-order valence-corrected chi connectivity index (χ0v) is 43.0. The van der Waals surface area contributed by atoms with Crippen molar-refractivity contribution in [1.82, 2.24) is 0 Å². The van der Waals surface area contributed by atoms with Crippen molar-refractivity contribution in [3.05, 3.63) is 85.1 Å². The van der Waals surface area contributed by atoms with Crippen molar-refractivity contribution in [2.24, 2.45) is 0 Å². The van der Waals surface area contributed by atoms with Crippen LogP contribution < -0.4 is 0 Å². The number of allylic oxidation sites excluding steroid dienone is 14. The van der Waals surface area contributed by atoms with Crippen LogP contribution in [0.15, 0.2) is 85.1 Å². The SMILES string of the molecule is CC/C=C\C/C=C\C/C=C\C/C=C\CCCCCCCCCCCCCOCC(COC1OC(CO)C(O)C(OS(=O)(=O)O)C1O)OC(=O)CCCCCCCCC/C=C\C/C=C\C/C=C\CC. The van der Waals surface area contributed by atoms with Gasteiger partial charge in [0.2, 0.25) is 0 Å². The molecule has 68 heavy (non-hydrogen) atoms. The van der Waals surface area contributed by atoms with Crippen molar-refractivity contribution in [2.45, 2.75) is 230 Å². The molecule has 1 aliphatic heterocycles. The summed E-state index contributed by atoms with van der Waals surface area (Å²) in [6, 6.07) is 0. The molecule has 0 aromatic carbocycles. The lowest BCUT2D eigenvalue weighted by atomic mass is 9.99. The number of esters is 1. The standard InChI is InChI=1S/C55H94O12S/c1-3-5-7-9-11-13-15-17-19-21-22-23-24-25-26-27-29-31-33-35-37-39-41-43-45-63-47-49(48-64-55-53(59)54(67-68(60,61)62)52(58)50(46-56)66-55)65-51(57)44-42-40-38-36-34-32-30-28-20-18-16-14-12-10-8-6-4-2/h5-8,11-14,17-20,22-23,49-50,52-56,58-59H,3-4,9-10,15-16,21,24-48H2,1-2H3,(H,60,61,62)/b7-5-,8-6-,13-11-,14-12-,19-17-,20-18-,23-22-. The average Bonchev–Trinajstić information content (AvgIpc) is 3.31. The lowest BCUT2D eigenvalue weighted by Gasteiger charge is -2.41. The van der Waals surface area contributed by atoms with Gasteiger partial charge in [0.15, 0.2) is 6.29 Å². The van der Waals surface area contributed by atoms with E-state index in [1.54, 1.807) is 0 Å². The molecule has 13 heteroatoms. The Kier molecular flexibility index (Phi) is 42.3. The molecular formula is C55H94O12S. The van der Waals surface area contributed by atoms with E-state index >= 15 is 0 Å². The van der Waals surface area contributed by atoms with Crippen molar-refractivity contribution in [3.8, 4) is 0 Å². The summed E-state index contributed by atoms with van der Waals surface area (Å²) in [4.78, 5) is 12.9. The minimum absolute atomic E-state index is 0.0253. The summed E-state index contributed by atoms with van der Waals surface area (Å²) >= 11 is 0. The van der Waals surface area contributed by atoms with Crippen LogP contribution in [0.2, 0.25) is 0 Å². The Morgan fingerprint density at radius 3 is 1.41 bits per heavy atom. The van der Waals surface area contributed by atoms with Gasteiger partial charge in [0.25, 0.3) is 0 Å². The van der Waals surface area contributed by atoms with Gasteiger partial charge in [0, 0.05) is 13.0 Å². The molecule has 6 unspecified atom stereocenters. The fourth-order valence-electron chi connectivity index (χ4n) is 7.62. The number of ether oxygens (including phenoxy) is 4. The quantitative estimate of drug-likeness (QED) is 0.0197. The zero-order chi connectivity index (χ0) is 49.6. The molecule has 1 heterocycles. The molecule has 0 amide bonds. The topological polar surface area (TPSA) is 178 Å². The first-order valence-electron chi connectivity index (χ1n) is 26.3. The highest BCUT2D eigenvalue weighted by Gasteiger charge is 2.48. The molecule has 4 N–H and O–H groups in total. The van der Waals surface area contributed by atoms with Gasteiger partial charge in [0.05, 0.1) is 19.8 Å². The van der Waals surface area contributed by atoms with Crippen LogP contribution in [0, 0.1) is 0 Å². The van der Waals surface area contributed by atoms with Crippen molar-refractivity contribution in [1.29, 1.82) is 0 Å². The number of unbranched alkanes of at least 4 members (excludes halogenated alkanes) is 18. The van der Waals surface area contributed by atoms with Crippen molar-refractivity contribution in [3.63, 3.8) is 0 Å². The highest BCUT2D eigenvalue weighted by molar-refractivity contribution is 7.80. The Morgan fingerprint density at radius 2 is 0.971 bits per heavy atom. The van der Waals surface area contributed by atoms with Gasteiger partial charge in [-0.1, -0.05) is 189 Å². The Hall–Kier alpha value is -2.72. The van der Waals surface area contributed by atoms with Crippen LogP contribution in [0.1, 0.15) is 194 Å². The largest absolute Gasteiger partial charge is 0.457 e. The molecule has 1 rings (SSSR count). The molecule has 0 bridgehead atoms. The van der Waals surface area contributed by atoms with Crippen LogP contribution in [-0.4, -0.2) is 97.5 Å². The fourth-order valence-corrected chi connectivity index (χ4v) is 8.13. The van der Waals surface area contributed by atoms with E-state index in [4.69, 9.17) is 18.9 Å². The van der Waals surface area contributed by atoms with Gasteiger partial charge in [-0.15, -0.1) is 0 Å². The number of aliphatic hydroxyl groups is 3. The molecule has 1 saturated heterocycles. The van der Waals surface area contributed by atoms with Crippen LogP contribution in [0.5, 0.6) is 0 Å². The summed E-state index contributed by atoms with van der Waals surface area (Å²) in [5, 5.41) is 30.8. The average molecular weight is 979 g/mol. The van der Waals surface area contributed by atoms with E-state index in [1.165, 1.54) is 64.2 Å². The second-order valence-electron chi connectivity index (χ2n) is 17.7. The van der Waals surface area contributed by atoms with Gasteiger partial charge in [-0.05, 0) is 83.5 Å². The van der Waals surface area contributed by atoms with E-state index in [2.05, 4.69) is 103 Å². The summed E-state index contributed by atoms with van der Waals surface area (Å²) in [5.74, 6) is -0.413. The Bertz CT molecular complexity index is 1500. The van der Waals surface area contributed by atoms with Gasteiger partial charge in [-0.2, -0.15) is 8.42 Å².